The van der Waals surface area contributed by atoms with Crippen LogP contribution >= 0.6 is 0 Å². The first kappa shape index (κ1) is 20.5. The number of Topliss-reactive ketones (excluding diaryl/α,β-unsaturated/α-hetero) is 1. The maximum absolute atomic E-state index is 12.2. The second-order valence-electron chi connectivity index (χ2n) is 7.49. The molecule has 27 heavy (non-hydrogen) atoms. The molecule has 0 radical (unpaired) electrons. The summed E-state index contributed by atoms with van der Waals surface area (Å²) in [5, 5.41) is 0. The topological polar surface area (TPSA) is 89.5 Å². The third kappa shape index (κ3) is 4.43. The van der Waals surface area contributed by atoms with Gasteiger partial charge in [-0.2, -0.15) is 13.2 Å². The largest absolute Gasteiger partial charge is 0.462 e. The van der Waals surface area contributed by atoms with Crippen molar-refractivity contribution in [3.8, 4) is 0 Å². The van der Waals surface area contributed by atoms with Gasteiger partial charge in [0, 0.05) is 0 Å². The molecule has 154 valence electrons. The fraction of sp³-hybridized carbons (Fsp3) is 0.875. The first-order chi connectivity index (χ1) is 12.3. The van der Waals surface area contributed by atoms with Gasteiger partial charge < -0.3 is 28.4 Å². The van der Waals surface area contributed by atoms with Crippen LogP contribution in [0.2, 0.25) is 0 Å². The second kappa shape index (κ2) is 6.66. The fourth-order valence-corrected chi connectivity index (χ4v) is 3.29. The fourth-order valence-electron chi connectivity index (χ4n) is 3.29. The summed E-state index contributed by atoms with van der Waals surface area (Å²) < 4.78 is 70.3. The molecule has 0 aliphatic carbocycles. The minimum Gasteiger partial charge on any atom is -0.462 e. The Bertz CT molecular complexity index is 617. The summed E-state index contributed by atoms with van der Waals surface area (Å²) in [6.07, 6.45) is -10.0. The molecule has 0 amide bonds. The van der Waals surface area contributed by atoms with Gasteiger partial charge in [-0.25, -0.2) is 0 Å². The molecular formula is C16H21F3O8. The van der Waals surface area contributed by atoms with E-state index in [2.05, 4.69) is 0 Å². The number of fused-ring (bicyclic) bond motifs is 3. The van der Waals surface area contributed by atoms with E-state index in [-0.39, 0.29) is 0 Å². The van der Waals surface area contributed by atoms with Crippen LogP contribution in [-0.4, -0.2) is 66.8 Å². The molecule has 0 aromatic carbocycles. The van der Waals surface area contributed by atoms with E-state index in [1.165, 1.54) is 0 Å². The lowest BCUT2D eigenvalue weighted by Crippen LogP contribution is -2.56. The van der Waals surface area contributed by atoms with Gasteiger partial charge in [-0.05, 0) is 27.7 Å². The number of halogens is 3. The van der Waals surface area contributed by atoms with E-state index in [0.717, 1.165) is 0 Å². The van der Waals surface area contributed by atoms with Crippen LogP contribution in [0.25, 0.3) is 0 Å². The molecule has 11 heteroatoms. The number of hydrogen-bond acceptors (Lipinski definition) is 8. The zero-order chi connectivity index (χ0) is 20.2. The number of carbonyl (C=O) groups is 2. The molecule has 0 aromatic heterocycles. The van der Waals surface area contributed by atoms with Gasteiger partial charge in [0.25, 0.3) is 0 Å². The molecule has 0 aromatic rings. The predicted molar refractivity (Wildman–Crippen MR) is 79.2 cm³/mol. The quantitative estimate of drug-likeness (QED) is 0.519. The Labute approximate surface area is 153 Å². The molecule has 5 atom stereocenters. The van der Waals surface area contributed by atoms with Crippen LogP contribution in [0.15, 0.2) is 0 Å². The van der Waals surface area contributed by atoms with Crippen LogP contribution in [-0.2, 0) is 38.0 Å². The highest BCUT2D eigenvalue weighted by atomic mass is 19.4. The van der Waals surface area contributed by atoms with Crippen LogP contribution in [0.3, 0.4) is 0 Å². The van der Waals surface area contributed by atoms with Crippen LogP contribution in [0.4, 0.5) is 13.2 Å². The second-order valence-corrected chi connectivity index (χ2v) is 7.49. The average Bonchev–Trinajstić information content (AvgIpc) is 2.98. The van der Waals surface area contributed by atoms with Crippen molar-refractivity contribution in [2.45, 2.75) is 82.6 Å². The number of hydrogen-bond donors (Lipinski definition) is 0. The maximum atomic E-state index is 12.2. The van der Waals surface area contributed by atoms with E-state index in [9.17, 15) is 22.8 Å². The number of esters is 1. The maximum Gasteiger partial charge on any atom is 0.450 e. The summed E-state index contributed by atoms with van der Waals surface area (Å²) in [7, 11) is 0. The molecule has 8 nitrogen and oxygen atoms in total. The summed E-state index contributed by atoms with van der Waals surface area (Å²) in [6.45, 7) is 6.35. The number of ketones is 1. The molecule has 0 spiro atoms. The van der Waals surface area contributed by atoms with Crippen molar-refractivity contribution >= 4 is 11.8 Å². The number of rotatable bonds is 4. The molecule has 0 N–H and O–H groups in total. The van der Waals surface area contributed by atoms with Crippen LogP contribution in [0, 0.1) is 0 Å². The minimum atomic E-state index is -5.09. The zero-order valence-corrected chi connectivity index (χ0v) is 15.2. The first-order valence-electron chi connectivity index (χ1n) is 8.40. The van der Waals surface area contributed by atoms with Crippen molar-refractivity contribution in [2.24, 2.45) is 0 Å². The number of ether oxygens (including phenoxy) is 6. The summed E-state index contributed by atoms with van der Waals surface area (Å²) in [5.41, 5.74) is 0. The summed E-state index contributed by atoms with van der Waals surface area (Å²) in [4.78, 5) is 22.4. The number of alkyl halides is 3. The molecule has 3 fully saturated rings. The molecule has 3 heterocycles. The zero-order valence-electron chi connectivity index (χ0n) is 15.2. The Morgan fingerprint density at radius 3 is 2.11 bits per heavy atom. The molecular weight excluding hydrogens is 377 g/mol. The van der Waals surface area contributed by atoms with Gasteiger partial charge in [0.05, 0.1) is 0 Å². The highest BCUT2D eigenvalue weighted by molar-refractivity contribution is 5.98. The van der Waals surface area contributed by atoms with Gasteiger partial charge in [0.15, 0.2) is 17.9 Å². The van der Waals surface area contributed by atoms with Crippen molar-refractivity contribution in [2.75, 3.05) is 6.61 Å². The molecule has 3 aliphatic rings. The van der Waals surface area contributed by atoms with Gasteiger partial charge in [-0.15, -0.1) is 0 Å². The van der Waals surface area contributed by atoms with E-state index in [1.54, 1.807) is 27.7 Å². The molecule has 0 unspecified atom stereocenters. The molecule has 0 bridgehead atoms. The van der Waals surface area contributed by atoms with E-state index in [1.807, 2.05) is 0 Å². The SMILES string of the molecule is CC1(C)O[C@H]2[C@@H](O1)[C@@H](COC(=O)CC(=O)C(F)(F)F)O[C@@H]1OC(C)(C)O[C@@H]12. The number of carbonyl (C=O) groups excluding carboxylic acids is 2. The lowest BCUT2D eigenvalue weighted by molar-refractivity contribution is -0.242. The lowest BCUT2D eigenvalue weighted by Gasteiger charge is -2.36. The molecule has 3 aliphatic heterocycles. The highest BCUT2D eigenvalue weighted by Crippen LogP contribution is 2.44. The van der Waals surface area contributed by atoms with Crippen molar-refractivity contribution < 1.29 is 51.2 Å². The van der Waals surface area contributed by atoms with Crippen LogP contribution in [0.5, 0.6) is 0 Å². The van der Waals surface area contributed by atoms with Gasteiger partial charge >= 0.3 is 12.1 Å². The molecule has 0 saturated carbocycles. The first-order valence-corrected chi connectivity index (χ1v) is 8.40. The van der Waals surface area contributed by atoms with Gasteiger partial charge in [0.2, 0.25) is 5.78 Å². The monoisotopic (exact) mass is 398 g/mol. The highest BCUT2D eigenvalue weighted by Gasteiger charge is 2.60. The minimum absolute atomic E-state index is 0.419. The van der Waals surface area contributed by atoms with Crippen LogP contribution in [0.1, 0.15) is 34.1 Å². The normalized spacial score (nSPS) is 36.8. The van der Waals surface area contributed by atoms with Gasteiger partial charge in [-0.1, -0.05) is 0 Å². The third-order valence-corrected chi connectivity index (χ3v) is 4.28. The van der Waals surface area contributed by atoms with Crippen molar-refractivity contribution in [3.63, 3.8) is 0 Å². The molecule has 3 saturated heterocycles. The van der Waals surface area contributed by atoms with E-state index >= 15 is 0 Å². The smallest absolute Gasteiger partial charge is 0.450 e. The Balaban J connectivity index is 1.65. The van der Waals surface area contributed by atoms with E-state index in [0.29, 0.717) is 0 Å². The Kier molecular flexibility index (Phi) is 5.05. The average molecular weight is 398 g/mol. The van der Waals surface area contributed by atoms with Crippen molar-refractivity contribution in [1.29, 1.82) is 0 Å². The predicted octanol–water partition coefficient (Wildman–Crippen LogP) is 1.45. The lowest BCUT2D eigenvalue weighted by atomic mass is 9.99. The van der Waals surface area contributed by atoms with Gasteiger partial charge in [-0.3, -0.25) is 9.59 Å². The Morgan fingerprint density at radius 1 is 0.926 bits per heavy atom. The summed E-state index contributed by atoms with van der Waals surface area (Å²) in [6, 6.07) is 0. The van der Waals surface area contributed by atoms with Crippen molar-refractivity contribution in [1.82, 2.24) is 0 Å². The van der Waals surface area contributed by atoms with Crippen LogP contribution < -0.4 is 0 Å². The Morgan fingerprint density at radius 2 is 1.48 bits per heavy atom. The standard InChI is InChI=1S/C16H21F3O8/c1-14(2)24-10-7(6-22-9(21)5-8(20)16(17,18)19)23-13-12(11(10)25-14)26-15(3,4)27-13/h7,10-13H,5-6H2,1-4H3/t7-,10+,11+,12-,13-/m1/s1. The Hall–Kier alpha value is -1.27. The van der Waals surface area contributed by atoms with E-state index in [4.69, 9.17) is 28.4 Å². The molecule has 3 rings (SSSR count). The van der Waals surface area contributed by atoms with Gasteiger partial charge in [0.1, 0.15) is 37.4 Å². The van der Waals surface area contributed by atoms with Crippen molar-refractivity contribution in [3.05, 3.63) is 0 Å². The summed E-state index contributed by atoms with van der Waals surface area (Å²) >= 11 is 0. The third-order valence-electron chi connectivity index (χ3n) is 4.28. The summed E-state index contributed by atoms with van der Waals surface area (Å²) in [5.74, 6) is -5.37. The van der Waals surface area contributed by atoms with E-state index < -0.39 is 73.2 Å².